The van der Waals surface area contributed by atoms with Crippen LogP contribution in [0.3, 0.4) is 0 Å². The van der Waals surface area contributed by atoms with E-state index in [4.69, 9.17) is 0 Å². The van der Waals surface area contributed by atoms with Crippen LogP contribution >= 0.6 is 0 Å². The standard InChI is InChI=1S/C23H31N3O/c1-17-7-6-10-21(20(17)4)26-15-13-25(14-16-26)12-11-22(27)24-23-18(2)8-5-9-19(23)3/h5-10H,11-16H2,1-4H3,(H,24,27). The molecular formula is C23H31N3O. The molecule has 1 amide bonds. The van der Waals surface area contributed by atoms with Crippen LogP contribution in [0.4, 0.5) is 11.4 Å². The lowest BCUT2D eigenvalue weighted by Crippen LogP contribution is -2.47. The lowest BCUT2D eigenvalue weighted by Gasteiger charge is -2.37. The van der Waals surface area contributed by atoms with Crippen molar-refractivity contribution in [1.82, 2.24) is 4.90 Å². The number of hydrogen-bond donors (Lipinski definition) is 1. The van der Waals surface area contributed by atoms with Gasteiger partial charge in [0.05, 0.1) is 0 Å². The second-order valence-electron chi connectivity index (χ2n) is 7.61. The Morgan fingerprint density at radius 3 is 2.15 bits per heavy atom. The van der Waals surface area contributed by atoms with Crippen LogP contribution in [0.2, 0.25) is 0 Å². The molecule has 2 aromatic rings. The van der Waals surface area contributed by atoms with Crippen LogP contribution < -0.4 is 10.2 Å². The number of benzene rings is 2. The molecule has 4 nitrogen and oxygen atoms in total. The summed E-state index contributed by atoms with van der Waals surface area (Å²) in [7, 11) is 0. The van der Waals surface area contributed by atoms with Crippen molar-refractivity contribution in [2.75, 3.05) is 42.9 Å². The zero-order valence-corrected chi connectivity index (χ0v) is 17.0. The Balaban J connectivity index is 1.48. The van der Waals surface area contributed by atoms with Gasteiger partial charge in [-0.2, -0.15) is 0 Å². The van der Waals surface area contributed by atoms with Crippen molar-refractivity contribution in [3.8, 4) is 0 Å². The maximum absolute atomic E-state index is 12.4. The smallest absolute Gasteiger partial charge is 0.225 e. The van der Waals surface area contributed by atoms with Crippen LogP contribution in [0, 0.1) is 27.7 Å². The zero-order valence-electron chi connectivity index (χ0n) is 17.0. The van der Waals surface area contributed by atoms with Gasteiger partial charge in [-0.1, -0.05) is 30.3 Å². The van der Waals surface area contributed by atoms with Crippen molar-refractivity contribution in [2.45, 2.75) is 34.1 Å². The lowest BCUT2D eigenvalue weighted by molar-refractivity contribution is -0.116. The molecule has 4 heteroatoms. The van der Waals surface area contributed by atoms with Crippen LogP contribution in [0.1, 0.15) is 28.7 Å². The molecule has 0 aliphatic carbocycles. The third kappa shape index (κ3) is 4.69. The van der Waals surface area contributed by atoms with Gasteiger partial charge in [0.25, 0.3) is 0 Å². The normalized spacial score (nSPS) is 15.0. The molecule has 144 valence electrons. The first-order valence-electron chi connectivity index (χ1n) is 9.85. The SMILES string of the molecule is Cc1cccc(N2CCN(CCC(=O)Nc3c(C)cccc3C)CC2)c1C. The third-order valence-corrected chi connectivity index (χ3v) is 5.69. The summed E-state index contributed by atoms with van der Waals surface area (Å²) in [5.41, 5.74) is 7.26. The Hall–Kier alpha value is -2.33. The largest absolute Gasteiger partial charge is 0.369 e. The topological polar surface area (TPSA) is 35.6 Å². The quantitative estimate of drug-likeness (QED) is 0.867. The predicted molar refractivity (Wildman–Crippen MR) is 114 cm³/mol. The molecule has 0 unspecified atom stereocenters. The van der Waals surface area contributed by atoms with Crippen LogP contribution in [-0.2, 0) is 4.79 Å². The lowest BCUT2D eigenvalue weighted by atomic mass is 10.1. The molecule has 0 atom stereocenters. The number of hydrogen-bond acceptors (Lipinski definition) is 3. The van der Waals surface area contributed by atoms with Gasteiger partial charge in [-0.15, -0.1) is 0 Å². The van der Waals surface area contributed by atoms with Gasteiger partial charge < -0.3 is 10.2 Å². The maximum atomic E-state index is 12.4. The third-order valence-electron chi connectivity index (χ3n) is 5.69. The van der Waals surface area contributed by atoms with Crippen LogP contribution in [0.25, 0.3) is 0 Å². The first-order chi connectivity index (χ1) is 13.0. The summed E-state index contributed by atoms with van der Waals surface area (Å²) in [4.78, 5) is 17.2. The summed E-state index contributed by atoms with van der Waals surface area (Å²) < 4.78 is 0. The van der Waals surface area contributed by atoms with Crippen LogP contribution in [0.15, 0.2) is 36.4 Å². The fraction of sp³-hybridized carbons (Fsp3) is 0.435. The Morgan fingerprint density at radius 2 is 1.48 bits per heavy atom. The van der Waals surface area contributed by atoms with Gasteiger partial charge in [0.15, 0.2) is 0 Å². The van der Waals surface area contributed by atoms with E-state index in [0.717, 1.165) is 49.5 Å². The summed E-state index contributed by atoms with van der Waals surface area (Å²) in [6, 6.07) is 12.6. The van der Waals surface area contributed by atoms with E-state index in [1.165, 1.54) is 16.8 Å². The van der Waals surface area contributed by atoms with Gasteiger partial charge in [-0.3, -0.25) is 9.69 Å². The molecule has 1 fully saturated rings. The van der Waals surface area contributed by atoms with E-state index in [2.05, 4.69) is 47.2 Å². The van der Waals surface area contributed by atoms with Crippen LogP contribution in [-0.4, -0.2) is 43.5 Å². The van der Waals surface area contributed by atoms with Crippen molar-refractivity contribution in [3.05, 3.63) is 58.7 Å². The molecule has 0 bridgehead atoms. The minimum atomic E-state index is 0.101. The van der Waals surface area contributed by atoms with Gasteiger partial charge in [-0.25, -0.2) is 0 Å². The highest BCUT2D eigenvalue weighted by atomic mass is 16.1. The Morgan fingerprint density at radius 1 is 0.889 bits per heavy atom. The number of amides is 1. The fourth-order valence-electron chi connectivity index (χ4n) is 3.76. The number of rotatable bonds is 5. The molecule has 1 saturated heterocycles. The van der Waals surface area contributed by atoms with Gasteiger partial charge in [0.2, 0.25) is 5.91 Å². The highest BCUT2D eigenvalue weighted by Crippen LogP contribution is 2.24. The number of para-hydroxylation sites is 1. The summed E-state index contributed by atoms with van der Waals surface area (Å²) in [5.74, 6) is 0.101. The number of carbonyl (C=O) groups excluding carboxylic acids is 1. The highest BCUT2D eigenvalue weighted by molar-refractivity contribution is 5.92. The molecular weight excluding hydrogens is 334 g/mol. The molecule has 1 N–H and O–H groups in total. The first kappa shape index (κ1) is 19.4. The molecule has 2 aromatic carbocycles. The molecule has 1 heterocycles. The summed E-state index contributed by atoms with van der Waals surface area (Å²) in [6.07, 6.45) is 0.539. The van der Waals surface area contributed by atoms with E-state index < -0.39 is 0 Å². The van der Waals surface area contributed by atoms with Gasteiger partial charge in [0, 0.05) is 50.5 Å². The molecule has 0 spiro atoms. The van der Waals surface area contributed by atoms with Crippen molar-refractivity contribution < 1.29 is 4.79 Å². The van der Waals surface area contributed by atoms with Crippen molar-refractivity contribution in [1.29, 1.82) is 0 Å². The zero-order chi connectivity index (χ0) is 19.4. The number of nitrogens with zero attached hydrogens (tertiary/aromatic N) is 2. The number of carbonyl (C=O) groups is 1. The van der Waals surface area contributed by atoms with E-state index in [0.29, 0.717) is 6.42 Å². The monoisotopic (exact) mass is 365 g/mol. The van der Waals surface area contributed by atoms with Crippen LogP contribution in [0.5, 0.6) is 0 Å². The second-order valence-corrected chi connectivity index (χ2v) is 7.61. The van der Waals surface area contributed by atoms with Crippen molar-refractivity contribution in [2.24, 2.45) is 0 Å². The van der Waals surface area contributed by atoms with E-state index >= 15 is 0 Å². The van der Waals surface area contributed by atoms with E-state index in [9.17, 15) is 4.79 Å². The summed E-state index contributed by atoms with van der Waals surface area (Å²) in [5, 5.41) is 3.09. The molecule has 1 aliphatic heterocycles. The van der Waals surface area contributed by atoms with E-state index in [-0.39, 0.29) is 5.91 Å². The summed E-state index contributed by atoms with van der Waals surface area (Å²) >= 11 is 0. The molecule has 0 aromatic heterocycles. The van der Waals surface area contributed by atoms with Gasteiger partial charge >= 0.3 is 0 Å². The molecule has 1 aliphatic rings. The number of piperazine rings is 1. The maximum Gasteiger partial charge on any atom is 0.225 e. The number of nitrogens with one attached hydrogen (secondary N) is 1. The van der Waals surface area contributed by atoms with E-state index in [1.54, 1.807) is 0 Å². The second kappa shape index (κ2) is 8.57. The average molecular weight is 366 g/mol. The Kier molecular flexibility index (Phi) is 6.17. The Labute approximate surface area is 163 Å². The number of anilines is 2. The fourth-order valence-corrected chi connectivity index (χ4v) is 3.76. The molecule has 0 radical (unpaired) electrons. The highest BCUT2D eigenvalue weighted by Gasteiger charge is 2.19. The minimum Gasteiger partial charge on any atom is -0.369 e. The first-order valence-corrected chi connectivity index (χ1v) is 9.85. The predicted octanol–water partition coefficient (Wildman–Crippen LogP) is 4.07. The Bertz CT molecular complexity index is 787. The summed E-state index contributed by atoms with van der Waals surface area (Å²) in [6.45, 7) is 13.3. The van der Waals surface area contributed by atoms with Crippen molar-refractivity contribution >= 4 is 17.3 Å². The number of aryl methyl sites for hydroxylation is 3. The van der Waals surface area contributed by atoms with Gasteiger partial charge in [0.1, 0.15) is 0 Å². The molecule has 0 saturated carbocycles. The minimum absolute atomic E-state index is 0.101. The van der Waals surface area contributed by atoms with Crippen molar-refractivity contribution in [3.63, 3.8) is 0 Å². The molecule has 3 rings (SSSR count). The van der Waals surface area contributed by atoms with Gasteiger partial charge in [-0.05, 0) is 56.0 Å². The average Bonchev–Trinajstić information content (AvgIpc) is 2.66. The van der Waals surface area contributed by atoms with E-state index in [1.807, 2.05) is 32.0 Å². The molecule has 27 heavy (non-hydrogen) atoms.